The molecule has 4 rings (SSSR count). The molecular weight excluding hydrogens is 420 g/mol. The predicted molar refractivity (Wildman–Crippen MR) is 116 cm³/mol. The van der Waals surface area contributed by atoms with Gasteiger partial charge in [-0.25, -0.2) is 4.98 Å². The van der Waals surface area contributed by atoms with Crippen LogP contribution in [0.5, 0.6) is 5.75 Å². The van der Waals surface area contributed by atoms with E-state index in [0.717, 1.165) is 15.4 Å². The summed E-state index contributed by atoms with van der Waals surface area (Å²) in [6.45, 7) is 3.79. The number of thiazole rings is 1. The molecule has 8 heteroatoms. The minimum Gasteiger partial charge on any atom is -0.503 e. The minimum absolute atomic E-state index is 0.101. The Kier molecular flexibility index (Phi) is 5.44. The molecule has 1 aliphatic rings. The summed E-state index contributed by atoms with van der Waals surface area (Å²) in [5.74, 6) is -0.784. The van der Waals surface area contributed by atoms with Crippen LogP contribution < -0.4 is 4.74 Å². The first-order valence-electron chi connectivity index (χ1n) is 9.30. The molecule has 1 atom stereocenters. The van der Waals surface area contributed by atoms with Crippen molar-refractivity contribution in [1.82, 2.24) is 9.88 Å². The third-order valence-electron chi connectivity index (χ3n) is 5.00. The highest BCUT2D eigenvalue weighted by atomic mass is 32.1. The maximum absolute atomic E-state index is 13.4. The van der Waals surface area contributed by atoms with Gasteiger partial charge in [0.1, 0.15) is 11.8 Å². The SMILES string of the molecule is COc1ccccc1CN1C(=O)C(O)=C(C(=O)c2sc(C)nc2C)C1c1cccs1. The molecule has 0 fully saturated rings. The van der Waals surface area contributed by atoms with Gasteiger partial charge in [-0.05, 0) is 31.4 Å². The molecule has 30 heavy (non-hydrogen) atoms. The molecule has 3 aromatic rings. The number of methoxy groups -OCH3 is 1. The molecule has 2 aromatic heterocycles. The van der Waals surface area contributed by atoms with Crippen molar-refractivity contribution in [2.45, 2.75) is 26.4 Å². The number of Topliss-reactive ketones (excluding diaryl/α,β-unsaturated/α-hetero) is 1. The monoisotopic (exact) mass is 440 g/mol. The fourth-order valence-corrected chi connectivity index (χ4v) is 5.39. The number of aromatic nitrogens is 1. The molecule has 0 radical (unpaired) electrons. The summed E-state index contributed by atoms with van der Waals surface area (Å²) in [5, 5.41) is 13.4. The zero-order chi connectivity index (χ0) is 21.4. The second-order valence-corrected chi connectivity index (χ2v) is 9.08. The van der Waals surface area contributed by atoms with Gasteiger partial charge in [0.2, 0.25) is 5.78 Å². The maximum atomic E-state index is 13.4. The zero-order valence-electron chi connectivity index (χ0n) is 16.7. The molecule has 0 saturated carbocycles. The molecule has 0 aliphatic carbocycles. The maximum Gasteiger partial charge on any atom is 0.290 e. The second-order valence-electron chi connectivity index (χ2n) is 6.90. The minimum atomic E-state index is -0.670. The van der Waals surface area contributed by atoms with Gasteiger partial charge in [0.05, 0.1) is 34.8 Å². The lowest BCUT2D eigenvalue weighted by molar-refractivity contribution is -0.130. The van der Waals surface area contributed by atoms with Crippen LogP contribution in [0.2, 0.25) is 0 Å². The number of aryl methyl sites for hydroxylation is 2. The number of ether oxygens (including phenoxy) is 1. The number of benzene rings is 1. The van der Waals surface area contributed by atoms with Crippen molar-refractivity contribution in [2.75, 3.05) is 7.11 Å². The number of ketones is 1. The van der Waals surface area contributed by atoms with Gasteiger partial charge in [0, 0.05) is 10.4 Å². The van der Waals surface area contributed by atoms with Crippen LogP contribution in [-0.4, -0.2) is 33.8 Å². The summed E-state index contributed by atoms with van der Waals surface area (Å²) in [7, 11) is 1.57. The number of hydrogen-bond donors (Lipinski definition) is 1. The first-order chi connectivity index (χ1) is 14.4. The van der Waals surface area contributed by atoms with Crippen molar-refractivity contribution in [3.05, 3.63) is 79.1 Å². The Balaban J connectivity index is 1.79. The summed E-state index contributed by atoms with van der Waals surface area (Å²) >= 11 is 2.71. The van der Waals surface area contributed by atoms with Gasteiger partial charge in [-0.15, -0.1) is 22.7 Å². The van der Waals surface area contributed by atoms with Gasteiger partial charge in [0.15, 0.2) is 5.76 Å². The Morgan fingerprint density at radius 1 is 1.23 bits per heavy atom. The average Bonchev–Trinajstić information content (AvgIpc) is 3.43. The number of thiophene rings is 1. The van der Waals surface area contributed by atoms with Crippen LogP contribution >= 0.6 is 22.7 Å². The molecular formula is C22H20N2O4S2. The predicted octanol–water partition coefficient (Wildman–Crippen LogP) is 4.61. The molecule has 6 nitrogen and oxygen atoms in total. The van der Waals surface area contributed by atoms with Crippen LogP contribution in [0.1, 0.15) is 36.9 Å². The second kappa shape index (κ2) is 8.04. The molecule has 0 spiro atoms. The third kappa shape index (κ3) is 3.42. The summed E-state index contributed by atoms with van der Waals surface area (Å²) in [4.78, 5) is 33.6. The van der Waals surface area contributed by atoms with Gasteiger partial charge in [-0.3, -0.25) is 9.59 Å². The number of hydrogen-bond acceptors (Lipinski definition) is 7. The van der Waals surface area contributed by atoms with Crippen molar-refractivity contribution in [3.63, 3.8) is 0 Å². The van der Waals surface area contributed by atoms with E-state index in [2.05, 4.69) is 4.98 Å². The van der Waals surface area contributed by atoms with Crippen LogP contribution in [0, 0.1) is 13.8 Å². The summed E-state index contributed by atoms with van der Waals surface area (Å²) in [6.07, 6.45) is 0. The lowest BCUT2D eigenvalue weighted by atomic mass is 10.00. The van der Waals surface area contributed by atoms with Crippen LogP contribution in [0.3, 0.4) is 0 Å². The zero-order valence-corrected chi connectivity index (χ0v) is 18.3. The fraction of sp³-hybridized carbons (Fsp3) is 0.227. The average molecular weight is 441 g/mol. The van der Waals surface area contributed by atoms with E-state index >= 15 is 0 Å². The number of amides is 1. The molecule has 1 aromatic carbocycles. The topological polar surface area (TPSA) is 79.7 Å². The molecule has 1 aliphatic heterocycles. The smallest absolute Gasteiger partial charge is 0.290 e. The molecule has 3 heterocycles. The molecule has 1 N–H and O–H groups in total. The third-order valence-corrected chi connectivity index (χ3v) is 7.00. The highest BCUT2D eigenvalue weighted by molar-refractivity contribution is 7.14. The van der Waals surface area contributed by atoms with E-state index in [4.69, 9.17) is 4.74 Å². The Labute approximate surface area is 182 Å². The highest BCUT2D eigenvalue weighted by Crippen LogP contribution is 2.43. The standard InChI is InChI=1S/C22H20N2O4S2/c1-12-21(30-13(2)23-12)19(25)17-18(16-9-6-10-29-16)24(22(27)20(17)26)11-14-7-4-5-8-15(14)28-3/h4-10,18,26H,11H2,1-3H3. The summed E-state index contributed by atoms with van der Waals surface area (Å²) < 4.78 is 5.42. The van der Waals surface area contributed by atoms with Crippen molar-refractivity contribution < 1.29 is 19.4 Å². The van der Waals surface area contributed by atoms with Crippen molar-refractivity contribution in [3.8, 4) is 5.75 Å². The number of aliphatic hydroxyl groups is 1. The van der Waals surface area contributed by atoms with Crippen LogP contribution in [-0.2, 0) is 11.3 Å². The fourth-order valence-electron chi connectivity index (χ4n) is 3.67. The normalized spacial score (nSPS) is 16.4. The molecule has 1 amide bonds. The first-order valence-corrected chi connectivity index (χ1v) is 11.0. The van der Waals surface area contributed by atoms with E-state index < -0.39 is 17.7 Å². The lowest BCUT2D eigenvalue weighted by Crippen LogP contribution is -2.30. The van der Waals surface area contributed by atoms with E-state index in [0.29, 0.717) is 16.3 Å². The van der Waals surface area contributed by atoms with E-state index in [1.807, 2.05) is 48.7 Å². The van der Waals surface area contributed by atoms with Crippen LogP contribution in [0.4, 0.5) is 0 Å². The molecule has 0 bridgehead atoms. The molecule has 154 valence electrons. The highest BCUT2D eigenvalue weighted by Gasteiger charge is 2.45. The Morgan fingerprint density at radius 3 is 2.63 bits per heavy atom. The summed E-state index contributed by atoms with van der Waals surface area (Å²) in [5.41, 5.74) is 1.49. The Bertz CT molecular complexity index is 1150. The number of carbonyl (C=O) groups excluding carboxylic acids is 2. The summed E-state index contributed by atoms with van der Waals surface area (Å²) in [6, 6.07) is 10.5. The van der Waals surface area contributed by atoms with Crippen LogP contribution in [0.15, 0.2) is 53.1 Å². The van der Waals surface area contributed by atoms with Gasteiger partial charge in [0.25, 0.3) is 5.91 Å². The Hall–Kier alpha value is -2.97. The van der Waals surface area contributed by atoms with E-state index in [-0.39, 0.29) is 17.9 Å². The van der Waals surface area contributed by atoms with Gasteiger partial charge in [-0.1, -0.05) is 24.3 Å². The Morgan fingerprint density at radius 2 is 2.00 bits per heavy atom. The number of aliphatic hydroxyl groups excluding tert-OH is 1. The number of nitrogens with zero attached hydrogens (tertiary/aromatic N) is 2. The van der Waals surface area contributed by atoms with Gasteiger partial charge >= 0.3 is 0 Å². The largest absolute Gasteiger partial charge is 0.503 e. The van der Waals surface area contributed by atoms with Gasteiger partial charge in [-0.2, -0.15) is 0 Å². The van der Waals surface area contributed by atoms with Gasteiger partial charge < -0.3 is 14.7 Å². The van der Waals surface area contributed by atoms with E-state index in [9.17, 15) is 14.7 Å². The van der Waals surface area contributed by atoms with Crippen molar-refractivity contribution in [1.29, 1.82) is 0 Å². The quantitative estimate of drug-likeness (QED) is 0.566. The van der Waals surface area contributed by atoms with Crippen molar-refractivity contribution in [2.24, 2.45) is 0 Å². The van der Waals surface area contributed by atoms with E-state index in [1.54, 1.807) is 14.0 Å². The first kappa shape index (κ1) is 20.3. The molecule has 1 unspecified atom stereocenters. The lowest BCUT2D eigenvalue weighted by Gasteiger charge is -2.26. The van der Waals surface area contributed by atoms with E-state index in [1.165, 1.54) is 27.6 Å². The van der Waals surface area contributed by atoms with Crippen LogP contribution in [0.25, 0.3) is 0 Å². The number of carbonyl (C=O) groups is 2. The molecule has 0 saturated heterocycles. The number of rotatable bonds is 6. The number of para-hydroxylation sites is 1. The van der Waals surface area contributed by atoms with Crippen molar-refractivity contribution >= 4 is 34.4 Å².